The van der Waals surface area contributed by atoms with E-state index in [2.05, 4.69) is 11.5 Å². The van der Waals surface area contributed by atoms with Crippen LogP contribution in [0.15, 0.2) is 36.4 Å². The van der Waals surface area contributed by atoms with Gasteiger partial charge in [-0.05, 0) is 38.1 Å². The molecule has 0 saturated carbocycles. The highest BCUT2D eigenvalue weighted by atomic mass is 31.2. The third kappa shape index (κ3) is 4.20. The number of carbonyl (C=O) groups is 1. The van der Waals surface area contributed by atoms with Gasteiger partial charge in [0.15, 0.2) is 0 Å². The van der Waals surface area contributed by atoms with Crippen LogP contribution in [0.5, 0.6) is 5.75 Å². The van der Waals surface area contributed by atoms with Gasteiger partial charge < -0.3 is 9.26 Å². The van der Waals surface area contributed by atoms with Gasteiger partial charge >= 0.3 is 13.6 Å². The Labute approximate surface area is 117 Å². The minimum atomic E-state index is -3.74. The molecule has 1 rings (SSSR count). The fourth-order valence-corrected chi connectivity index (χ4v) is 2.53. The van der Waals surface area contributed by atoms with Gasteiger partial charge in [-0.1, -0.05) is 11.3 Å². The van der Waals surface area contributed by atoms with E-state index >= 15 is 0 Å². The standard InChI is InChI=1S/C13H17O6P/c1-5-17-20(15,19-18-13(14)10(2)3)12-8-6-11(16-4)7-9-12/h6-9H,2,5H2,1,3-4H3. The summed E-state index contributed by atoms with van der Waals surface area (Å²) in [4.78, 5) is 15.8. The molecule has 0 amide bonds. The molecule has 0 aliphatic rings. The minimum absolute atomic E-state index is 0.128. The number of methoxy groups -OCH3 is 1. The molecule has 0 saturated heterocycles. The van der Waals surface area contributed by atoms with E-state index in [0.717, 1.165) is 0 Å². The van der Waals surface area contributed by atoms with Crippen molar-refractivity contribution in [1.82, 2.24) is 0 Å². The van der Waals surface area contributed by atoms with E-state index in [1.54, 1.807) is 19.1 Å². The molecule has 1 unspecified atom stereocenters. The molecule has 20 heavy (non-hydrogen) atoms. The van der Waals surface area contributed by atoms with E-state index in [1.165, 1.54) is 26.2 Å². The predicted molar refractivity (Wildman–Crippen MR) is 73.9 cm³/mol. The lowest BCUT2D eigenvalue weighted by atomic mass is 10.3. The van der Waals surface area contributed by atoms with Crippen LogP contribution in [0.2, 0.25) is 0 Å². The highest BCUT2D eigenvalue weighted by Gasteiger charge is 2.30. The summed E-state index contributed by atoms with van der Waals surface area (Å²) in [6.45, 7) is 6.63. The molecule has 0 spiro atoms. The van der Waals surface area contributed by atoms with Crippen molar-refractivity contribution in [3.8, 4) is 5.75 Å². The maximum Gasteiger partial charge on any atom is 0.399 e. The molecule has 0 fully saturated rings. The summed E-state index contributed by atoms with van der Waals surface area (Å²) >= 11 is 0. The molecule has 1 aromatic rings. The van der Waals surface area contributed by atoms with Gasteiger partial charge in [-0.25, -0.2) is 4.79 Å². The quantitative estimate of drug-likeness (QED) is 0.333. The second-order valence-corrected chi connectivity index (χ2v) is 5.76. The first-order valence-electron chi connectivity index (χ1n) is 5.88. The van der Waals surface area contributed by atoms with Crippen molar-refractivity contribution in [2.24, 2.45) is 0 Å². The second-order valence-electron chi connectivity index (χ2n) is 3.84. The molecule has 0 aliphatic heterocycles. The van der Waals surface area contributed by atoms with Crippen molar-refractivity contribution in [3.63, 3.8) is 0 Å². The normalized spacial score (nSPS) is 13.3. The fourth-order valence-electron chi connectivity index (χ4n) is 1.23. The zero-order valence-electron chi connectivity index (χ0n) is 11.6. The van der Waals surface area contributed by atoms with Crippen LogP contribution in [0.25, 0.3) is 0 Å². The van der Waals surface area contributed by atoms with Crippen LogP contribution in [0.3, 0.4) is 0 Å². The Balaban J connectivity index is 2.92. The highest BCUT2D eigenvalue weighted by Crippen LogP contribution is 2.47. The number of hydrogen-bond donors (Lipinski definition) is 0. The molecule has 7 heteroatoms. The first-order chi connectivity index (χ1) is 9.42. The molecule has 6 nitrogen and oxygen atoms in total. The van der Waals surface area contributed by atoms with E-state index in [-0.39, 0.29) is 17.5 Å². The van der Waals surface area contributed by atoms with Crippen molar-refractivity contribution >= 4 is 18.9 Å². The molecule has 0 radical (unpaired) electrons. The maximum absolute atomic E-state index is 12.5. The average molecular weight is 300 g/mol. The van der Waals surface area contributed by atoms with Gasteiger partial charge in [-0.15, -0.1) is 0 Å². The lowest BCUT2D eigenvalue weighted by Crippen LogP contribution is -2.13. The Morgan fingerprint density at radius 2 is 1.90 bits per heavy atom. The van der Waals surface area contributed by atoms with E-state index in [0.29, 0.717) is 5.75 Å². The summed E-state index contributed by atoms with van der Waals surface area (Å²) in [6.07, 6.45) is 0. The zero-order valence-corrected chi connectivity index (χ0v) is 12.5. The Bertz CT molecular complexity index is 522. The van der Waals surface area contributed by atoms with E-state index < -0.39 is 13.6 Å². The summed E-state index contributed by atoms with van der Waals surface area (Å²) in [5.41, 5.74) is 0.128. The van der Waals surface area contributed by atoms with Gasteiger partial charge in [-0.2, -0.15) is 0 Å². The minimum Gasteiger partial charge on any atom is -0.497 e. The molecule has 0 aromatic heterocycles. The smallest absolute Gasteiger partial charge is 0.399 e. The predicted octanol–water partition coefficient (Wildman–Crippen LogP) is 2.60. The van der Waals surface area contributed by atoms with Crippen LogP contribution in [-0.4, -0.2) is 19.7 Å². The van der Waals surface area contributed by atoms with Crippen LogP contribution >= 0.6 is 7.60 Å². The van der Waals surface area contributed by atoms with Crippen molar-refractivity contribution in [2.45, 2.75) is 13.8 Å². The Morgan fingerprint density at radius 1 is 1.30 bits per heavy atom. The average Bonchev–Trinajstić information content (AvgIpc) is 2.45. The molecular formula is C13H17O6P. The van der Waals surface area contributed by atoms with E-state index in [4.69, 9.17) is 13.9 Å². The van der Waals surface area contributed by atoms with E-state index in [9.17, 15) is 9.36 Å². The van der Waals surface area contributed by atoms with Crippen LogP contribution in [0, 0.1) is 0 Å². The van der Waals surface area contributed by atoms with Gasteiger partial charge in [0.1, 0.15) is 5.75 Å². The molecule has 0 heterocycles. The van der Waals surface area contributed by atoms with Crippen LogP contribution < -0.4 is 10.0 Å². The van der Waals surface area contributed by atoms with Crippen molar-refractivity contribution in [2.75, 3.05) is 13.7 Å². The van der Waals surface area contributed by atoms with Crippen molar-refractivity contribution in [1.29, 1.82) is 0 Å². The van der Waals surface area contributed by atoms with Gasteiger partial charge in [0.25, 0.3) is 0 Å². The largest absolute Gasteiger partial charge is 0.497 e. The zero-order chi connectivity index (χ0) is 15.2. The van der Waals surface area contributed by atoms with Crippen molar-refractivity contribution < 1.29 is 28.2 Å². The molecular weight excluding hydrogens is 283 g/mol. The maximum atomic E-state index is 12.5. The monoisotopic (exact) mass is 300 g/mol. The molecule has 0 aliphatic carbocycles. The highest BCUT2D eigenvalue weighted by molar-refractivity contribution is 7.62. The Morgan fingerprint density at radius 3 is 2.35 bits per heavy atom. The lowest BCUT2D eigenvalue weighted by molar-refractivity contribution is -0.212. The summed E-state index contributed by atoms with van der Waals surface area (Å²) in [7, 11) is -2.22. The summed E-state index contributed by atoms with van der Waals surface area (Å²) < 4.78 is 27.4. The van der Waals surface area contributed by atoms with Gasteiger partial charge in [0, 0.05) is 5.57 Å². The Hall–Kier alpha value is -1.62. The van der Waals surface area contributed by atoms with Gasteiger partial charge in [0.2, 0.25) is 0 Å². The molecule has 1 atom stereocenters. The number of benzene rings is 1. The first-order valence-corrected chi connectivity index (χ1v) is 7.42. The SMILES string of the molecule is C=C(C)C(=O)OOP(=O)(OCC)c1ccc(OC)cc1. The number of carbonyl (C=O) groups excluding carboxylic acids is 1. The van der Waals surface area contributed by atoms with Crippen LogP contribution in [-0.2, 0) is 23.4 Å². The van der Waals surface area contributed by atoms with Gasteiger partial charge in [-0.3, -0.25) is 9.45 Å². The molecule has 0 bridgehead atoms. The topological polar surface area (TPSA) is 71.1 Å². The molecule has 110 valence electrons. The lowest BCUT2D eigenvalue weighted by Gasteiger charge is -2.16. The molecule has 0 N–H and O–H groups in total. The summed E-state index contributed by atoms with van der Waals surface area (Å²) in [5.74, 6) is -0.214. The van der Waals surface area contributed by atoms with Crippen LogP contribution in [0.4, 0.5) is 0 Å². The second kappa shape index (κ2) is 7.24. The fraction of sp³-hybridized carbons (Fsp3) is 0.308. The Kier molecular flexibility index (Phi) is 5.95. The third-order valence-electron chi connectivity index (χ3n) is 2.25. The summed E-state index contributed by atoms with van der Waals surface area (Å²) in [6, 6.07) is 6.24. The first kappa shape index (κ1) is 16.4. The van der Waals surface area contributed by atoms with Crippen molar-refractivity contribution in [3.05, 3.63) is 36.4 Å². The third-order valence-corrected chi connectivity index (χ3v) is 4.05. The van der Waals surface area contributed by atoms with E-state index in [1.807, 2.05) is 0 Å². The number of ether oxygens (including phenoxy) is 1. The van der Waals surface area contributed by atoms with Crippen LogP contribution in [0.1, 0.15) is 13.8 Å². The van der Waals surface area contributed by atoms with Gasteiger partial charge in [0.05, 0.1) is 19.0 Å². The summed E-state index contributed by atoms with van der Waals surface area (Å²) in [5, 5.41) is 0.259. The number of hydrogen-bond acceptors (Lipinski definition) is 6. The number of rotatable bonds is 7. The molecule has 1 aromatic carbocycles.